The van der Waals surface area contributed by atoms with Gasteiger partial charge in [0.1, 0.15) is 12.1 Å². The zero-order valence-corrected chi connectivity index (χ0v) is 8.40. The molecule has 0 aliphatic rings. The summed E-state index contributed by atoms with van der Waals surface area (Å²) < 4.78 is 1.85. The van der Waals surface area contributed by atoms with Crippen molar-refractivity contribution in [3.8, 4) is 0 Å². The predicted octanol–water partition coefficient (Wildman–Crippen LogP) is 0.943. The van der Waals surface area contributed by atoms with Gasteiger partial charge in [-0.25, -0.2) is 4.98 Å². The zero-order chi connectivity index (χ0) is 9.97. The molecule has 2 heterocycles. The van der Waals surface area contributed by atoms with Crippen molar-refractivity contribution in [3.05, 3.63) is 24.7 Å². The fourth-order valence-electron chi connectivity index (χ4n) is 0.962. The van der Waals surface area contributed by atoms with E-state index in [-0.39, 0.29) is 0 Å². The van der Waals surface area contributed by atoms with E-state index in [0.717, 1.165) is 10.1 Å². The number of hydrogen-bond acceptors (Lipinski definition) is 5. The van der Waals surface area contributed by atoms with E-state index in [4.69, 9.17) is 5.73 Å². The van der Waals surface area contributed by atoms with Crippen molar-refractivity contribution < 1.29 is 0 Å². The highest BCUT2D eigenvalue weighted by molar-refractivity contribution is 7.99. The maximum Gasteiger partial charge on any atom is 0.195 e. The second kappa shape index (κ2) is 3.67. The molecule has 0 unspecified atom stereocenters. The smallest absolute Gasteiger partial charge is 0.195 e. The molecule has 2 rings (SSSR count). The van der Waals surface area contributed by atoms with Crippen molar-refractivity contribution in [3.63, 3.8) is 0 Å². The number of aryl methyl sites for hydroxylation is 1. The number of anilines is 1. The summed E-state index contributed by atoms with van der Waals surface area (Å²) in [5.41, 5.74) is 5.56. The normalized spacial score (nSPS) is 10.4. The van der Waals surface area contributed by atoms with Crippen LogP contribution in [0, 0.1) is 0 Å². The van der Waals surface area contributed by atoms with Gasteiger partial charge >= 0.3 is 0 Å². The Bertz CT molecular complexity index is 439. The van der Waals surface area contributed by atoms with E-state index in [1.54, 1.807) is 18.6 Å². The predicted molar refractivity (Wildman–Crippen MR) is 53.8 cm³/mol. The number of pyridine rings is 1. The topological polar surface area (TPSA) is 69.6 Å². The number of nitrogens with two attached hydrogens (primary N) is 1. The highest BCUT2D eigenvalue weighted by atomic mass is 32.2. The van der Waals surface area contributed by atoms with Crippen LogP contribution < -0.4 is 5.73 Å². The van der Waals surface area contributed by atoms with Crippen molar-refractivity contribution >= 4 is 17.6 Å². The average Bonchev–Trinajstić information content (AvgIpc) is 2.52. The van der Waals surface area contributed by atoms with Gasteiger partial charge in [0.15, 0.2) is 5.16 Å². The monoisotopic (exact) mass is 207 g/mol. The first-order valence-corrected chi connectivity index (χ1v) is 4.81. The van der Waals surface area contributed by atoms with Crippen LogP contribution in [0.5, 0.6) is 0 Å². The van der Waals surface area contributed by atoms with Crippen molar-refractivity contribution in [2.45, 2.75) is 10.1 Å². The van der Waals surface area contributed by atoms with Crippen LogP contribution in [0.15, 0.2) is 34.7 Å². The van der Waals surface area contributed by atoms with Gasteiger partial charge in [0.25, 0.3) is 0 Å². The Hall–Kier alpha value is -1.56. The number of nitrogen functional groups attached to an aromatic ring is 1. The van der Waals surface area contributed by atoms with Gasteiger partial charge in [0.05, 0.1) is 0 Å². The molecule has 0 atom stereocenters. The molecule has 0 saturated heterocycles. The first-order valence-electron chi connectivity index (χ1n) is 3.99. The molecule has 2 N–H and O–H groups in total. The number of nitrogens with zero attached hydrogens (tertiary/aromatic N) is 4. The summed E-state index contributed by atoms with van der Waals surface area (Å²) in [6.45, 7) is 0. The molecule has 2 aromatic heterocycles. The van der Waals surface area contributed by atoms with Gasteiger partial charge in [0, 0.05) is 18.1 Å². The third-order valence-corrected chi connectivity index (χ3v) is 2.67. The standard InChI is InChI=1S/C8H9N5S/c1-13-5-11-12-8(13)14-6-2-3-10-7(9)4-6/h2-5H,1H3,(H2,9,10). The Labute approximate surface area is 85.4 Å². The Morgan fingerprint density at radius 3 is 3.00 bits per heavy atom. The molecular formula is C8H9N5S. The van der Waals surface area contributed by atoms with Crippen molar-refractivity contribution in [1.82, 2.24) is 19.7 Å². The van der Waals surface area contributed by atoms with E-state index < -0.39 is 0 Å². The van der Waals surface area contributed by atoms with Gasteiger partial charge in [-0.1, -0.05) is 0 Å². The minimum absolute atomic E-state index is 0.511. The molecule has 5 nitrogen and oxygen atoms in total. The summed E-state index contributed by atoms with van der Waals surface area (Å²) in [4.78, 5) is 4.92. The Morgan fingerprint density at radius 2 is 2.36 bits per heavy atom. The van der Waals surface area contributed by atoms with Crippen molar-refractivity contribution in [1.29, 1.82) is 0 Å². The molecule has 0 aromatic carbocycles. The van der Waals surface area contributed by atoms with Crippen LogP contribution in [0.1, 0.15) is 0 Å². The van der Waals surface area contributed by atoms with Crippen LogP contribution in [-0.4, -0.2) is 19.7 Å². The fraction of sp³-hybridized carbons (Fsp3) is 0.125. The maximum absolute atomic E-state index is 5.56. The third kappa shape index (κ3) is 1.85. The number of aromatic nitrogens is 4. The van der Waals surface area contributed by atoms with Crippen LogP contribution >= 0.6 is 11.8 Å². The SMILES string of the molecule is Cn1cnnc1Sc1ccnc(N)c1. The van der Waals surface area contributed by atoms with Gasteiger partial charge in [-0.2, -0.15) is 0 Å². The van der Waals surface area contributed by atoms with Crippen LogP contribution in [0.3, 0.4) is 0 Å². The molecule has 14 heavy (non-hydrogen) atoms. The minimum atomic E-state index is 0.511. The molecule has 0 amide bonds. The number of rotatable bonds is 2. The minimum Gasteiger partial charge on any atom is -0.384 e. The Balaban J connectivity index is 2.23. The fourth-order valence-corrected chi connectivity index (χ4v) is 1.76. The van der Waals surface area contributed by atoms with Gasteiger partial charge in [-0.05, 0) is 23.9 Å². The summed E-state index contributed by atoms with van der Waals surface area (Å²) >= 11 is 1.50. The summed E-state index contributed by atoms with van der Waals surface area (Å²) in [7, 11) is 1.90. The molecule has 0 radical (unpaired) electrons. The van der Waals surface area contributed by atoms with E-state index in [1.807, 2.05) is 17.7 Å². The van der Waals surface area contributed by atoms with E-state index in [9.17, 15) is 0 Å². The molecule has 0 aliphatic carbocycles. The van der Waals surface area contributed by atoms with Crippen LogP contribution in [-0.2, 0) is 7.05 Å². The zero-order valence-electron chi connectivity index (χ0n) is 7.58. The van der Waals surface area contributed by atoms with Crippen molar-refractivity contribution in [2.75, 3.05) is 5.73 Å². The molecular weight excluding hydrogens is 198 g/mol. The van der Waals surface area contributed by atoms with Crippen LogP contribution in [0.4, 0.5) is 5.82 Å². The summed E-state index contributed by atoms with van der Waals surface area (Å²) in [5.74, 6) is 0.511. The van der Waals surface area contributed by atoms with E-state index in [1.165, 1.54) is 11.8 Å². The number of hydrogen-bond donors (Lipinski definition) is 1. The van der Waals surface area contributed by atoms with Gasteiger partial charge in [-0.15, -0.1) is 10.2 Å². The Kier molecular flexibility index (Phi) is 2.36. The molecule has 0 bridgehead atoms. The van der Waals surface area contributed by atoms with Crippen LogP contribution in [0.2, 0.25) is 0 Å². The van der Waals surface area contributed by atoms with E-state index in [0.29, 0.717) is 5.82 Å². The van der Waals surface area contributed by atoms with Gasteiger partial charge in [0.2, 0.25) is 0 Å². The average molecular weight is 207 g/mol. The van der Waals surface area contributed by atoms with Crippen molar-refractivity contribution in [2.24, 2.45) is 7.05 Å². The molecule has 0 spiro atoms. The second-order valence-corrected chi connectivity index (χ2v) is 3.78. The van der Waals surface area contributed by atoms with Crippen LogP contribution in [0.25, 0.3) is 0 Å². The maximum atomic E-state index is 5.56. The first kappa shape index (κ1) is 9.01. The first-order chi connectivity index (χ1) is 6.75. The molecule has 0 fully saturated rings. The lowest BCUT2D eigenvalue weighted by Gasteiger charge is -2.00. The highest BCUT2D eigenvalue weighted by Gasteiger charge is 2.03. The van der Waals surface area contributed by atoms with E-state index >= 15 is 0 Å². The second-order valence-electron chi connectivity index (χ2n) is 2.74. The molecule has 6 heteroatoms. The summed E-state index contributed by atoms with van der Waals surface area (Å²) in [6, 6.07) is 3.69. The Morgan fingerprint density at radius 1 is 1.50 bits per heavy atom. The molecule has 0 aliphatic heterocycles. The molecule has 72 valence electrons. The molecule has 0 saturated carbocycles. The summed E-state index contributed by atoms with van der Waals surface area (Å²) in [5, 5.41) is 8.57. The lowest BCUT2D eigenvalue weighted by atomic mass is 10.5. The highest BCUT2D eigenvalue weighted by Crippen LogP contribution is 2.25. The quantitative estimate of drug-likeness (QED) is 0.793. The largest absolute Gasteiger partial charge is 0.384 e. The van der Waals surface area contributed by atoms with Gasteiger partial charge < -0.3 is 10.3 Å². The van der Waals surface area contributed by atoms with Gasteiger partial charge in [-0.3, -0.25) is 0 Å². The molecule has 2 aromatic rings. The van der Waals surface area contributed by atoms with E-state index in [2.05, 4.69) is 15.2 Å². The lowest BCUT2D eigenvalue weighted by molar-refractivity contribution is 0.788. The third-order valence-electron chi connectivity index (χ3n) is 1.63. The summed E-state index contributed by atoms with van der Waals surface area (Å²) in [6.07, 6.45) is 3.33. The lowest BCUT2D eigenvalue weighted by Crippen LogP contribution is -1.91.